The summed E-state index contributed by atoms with van der Waals surface area (Å²) in [4.78, 5) is 14.8. The second kappa shape index (κ2) is 6.78. The molecule has 1 aliphatic heterocycles. The third-order valence-electron chi connectivity index (χ3n) is 5.76. The van der Waals surface area contributed by atoms with Gasteiger partial charge in [0.1, 0.15) is 5.60 Å². The van der Waals surface area contributed by atoms with Crippen molar-refractivity contribution in [2.75, 3.05) is 13.7 Å². The van der Waals surface area contributed by atoms with Crippen LogP contribution in [0.25, 0.3) is 0 Å². The van der Waals surface area contributed by atoms with Gasteiger partial charge in [-0.3, -0.25) is 4.79 Å². The smallest absolute Gasteiger partial charge is 0.264 e. The lowest BCUT2D eigenvalue weighted by atomic mass is 9.81. The van der Waals surface area contributed by atoms with E-state index in [0.717, 1.165) is 5.56 Å². The SMILES string of the molecule is CN(C(=O)c1cccs1)[C@H]1[C@H](O)C[C@@H]2C[C@H](c3ccccc3)OC[C@]21O. The second-order valence-electron chi connectivity index (χ2n) is 7.28. The van der Waals surface area contributed by atoms with Gasteiger partial charge in [-0.1, -0.05) is 36.4 Å². The van der Waals surface area contributed by atoms with E-state index in [-0.39, 0.29) is 24.5 Å². The van der Waals surface area contributed by atoms with Gasteiger partial charge in [0, 0.05) is 7.05 Å². The van der Waals surface area contributed by atoms with E-state index in [2.05, 4.69) is 0 Å². The standard InChI is InChI=1S/C20H23NO4S/c1-21(19(23)17-8-5-9-26-17)18-15(22)10-14-11-16(25-12-20(14,18)24)13-6-3-2-4-7-13/h2-9,14-16,18,22,24H,10-12H2,1H3/t14-,15-,16-,18+,20+/m1/s1. The quantitative estimate of drug-likeness (QED) is 0.867. The molecule has 138 valence electrons. The van der Waals surface area contributed by atoms with Crippen molar-refractivity contribution < 1.29 is 19.7 Å². The van der Waals surface area contributed by atoms with Crippen molar-refractivity contribution in [3.63, 3.8) is 0 Å². The highest BCUT2D eigenvalue weighted by molar-refractivity contribution is 7.12. The molecule has 1 aromatic carbocycles. The van der Waals surface area contributed by atoms with Crippen molar-refractivity contribution >= 4 is 17.2 Å². The summed E-state index contributed by atoms with van der Waals surface area (Å²) < 4.78 is 5.98. The number of aliphatic hydroxyl groups is 2. The number of carbonyl (C=O) groups excluding carboxylic acids is 1. The Morgan fingerprint density at radius 2 is 2.00 bits per heavy atom. The van der Waals surface area contributed by atoms with Crippen LogP contribution in [-0.4, -0.2) is 52.4 Å². The van der Waals surface area contributed by atoms with Gasteiger partial charge in [0.05, 0.1) is 29.7 Å². The van der Waals surface area contributed by atoms with Gasteiger partial charge in [0.2, 0.25) is 0 Å². The third-order valence-corrected chi connectivity index (χ3v) is 6.62. The van der Waals surface area contributed by atoms with E-state index in [1.807, 2.05) is 41.8 Å². The molecule has 1 saturated heterocycles. The Morgan fingerprint density at radius 1 is 1.23 bits per heavy atom. The van der Waals surface area contributed by atoms with Crippen molar-refractivity contribution in [2.45, 2.75) is 36.7 Å². The molecule has 1 aromatic heterocycles. The molecular formula is C20H23NO4S. The number of likely N-dealkylation sites (N-methyl/N-ethyl adjacent to an activating group) is 1. The predicted octanol–water partition coefficient (Wildman–Crippen LogP) is 2.46. The molecule has 2 aliphatic rings. The molecule has 4 rings (SSSR count). The molecule has 2 heterocycles. The summed E-state index contributed by atoms with van der Waals surface area (Å²) in [6.07, 6.45) is 0.244. The number of rotatable bonds is 3. The zero-order chi connectivity index (χ0) is 18.3. The Balaban J connectivity index is 1.55. The zero-order valence-electron chi connectivity index (χ0n) is 14.6. The molecule has 2 N–H and O–H groups in total. The van der Waals surface area contributed by atoms with Crippen molar-refractivity contribution in [1.82, 2.24) is 4.90 Å². The number of carbonyl (C=O) groups is 1. The summed E-state index contributed by atoms with van der Waals surface area (Å²) in [5.41, 5.74) is -0.151. The predicted molar refractivity (Wildman–Crippen MR) is 99.0 cm³/mol. The molecule has 0 radical (unpaired) electrons. The van der Waals surface area contributed by atoms with Crippen LogP contribution < -0.4 is 0 Å². The van der Waals surface area contributed by atoms with Crippen LogP contribution >= 0.6 is 11.3 Å². The lowest BCUT2D eigenvalue weighted by Gasteiger charge is -2.44. The molecule has 1 aliphatic carbocycles. The minimum absolute atomic E-state index is 0.0919. The first-order valence-electron chi connectivity index (χ1n) is 8.88. The Morgan fingerprint density at radius 3 is 2.69 bits per heavy atom. The van der Waals surface area contributed by atoms with Crippen molar-refractivity contribution in [1.29, 1.82) is 0 Å². The van der Waals surface area contributed by atoms with Gasteiger partial charge >= 0.3 is 0 Å². The van der Waals surface area contributed by atoms with E-state index in [0.29, 0.717) is 17.7 Å². The molecule has 0 bridgehead atoms. The average Bonchev–Trinajstić information content (AvgIpc) is 3.26. The number of nitrogens with zero attached hydrogens (tertiary/aromatic N) is 1. The Labute approximate surface area is 156 Å². The number of amides is 1. The molecule has 5 nitrogen and oxygen atoms in total. The van der Waals surface area contributed by atoms with Gasteiger partial charge in [-0.05, 0) is 35.8 Å². The molecule has 2 fully saturated rings. The first kappa shape index (κ1) is 17.7. The summed E-state index contributed by atoms with van der Waals surface area (Å²) in [6, 6.07) is 12.9. The van der Waals surface area contributed by atoms with Crippen LogP contribution in [0.1, 0.15) is 34.2 Å². The van der Waals surface area contributed by atoms with Crippen LogP contribution in [0.5, 0.6) is 0 Å². The molecule has 1 amide bonds. The molecule has 0 spiro atoms. The van der Waals surface area contributed by atoms with Gasteiger partial charge in [-0.2, -0.15) is 0 Å². The maximum Gasteiger partial charge on any atom is 0.264 e. The lowest BCUT2D eigenvalue weighted by molar-refractivity contribution is -0.166. The molecule has 5 atom stereocenters. The van der Waals surface area contributed by atoms with Crippen LogP contribution in [0.3, 0.4) is 0 Å². The van der Waals surface area contributed by atoms with Gasteiger partial charge < -0.3 is 19.8 Å². The number of aliphatic hydroxyl groups excluding tert-OH is 1. The van der Waals surface area contributed by atoms with E-state index < -0.39 is 17.7 Å². The van der Waals surface area contributed by atoms with Crippen molar-refractivity contribution in [3.8, 4) is 0 Å². The maximum absolute atomic E-state index is 12.7. The van der Waals surface area contributed by atoms with E-state index in [9.17, 15) is 15.0 Å². The van der Waals surface area contributed by atoms with Gasteiger partial charge in [0.15, 0.2) is 0 Å². The fourth-order valence-electron chi connectivity index (χ4n) is 4.46. The maximum atomic E-state index is 12.7. The van der Waals surface area contributed by atoms with Crippen LogP contribution in [-0.2, 0) is 4.74 Å². The number of ether oxygens (including phenoxy) is 1. The summed E-state index contributed by atoms with van der Waals surface area (Å²) in [6.45, 7) is 0.112. The van der Waals surface area contributed by atoms with E-state index in [4.69, 9.17) is 4.74 Å². The summed E-state index contributed by atoms with van der Waals surface area (Å²) >= 11 is 1.36. The van der Waals surface area contributed by atoms with Crippen LogP contribution in [0.2, 0.25) is 0 Å². The third kappa shape index (κ3) is 2.87. The lowest BCUT2D eigenvalue weighted by Crippen LogP contribution is -2.60. The van der Waals surface area contributed by atoms with Gasteiger partial charge in [0.25, 0.3) is 5.91 Å². The second-order valence-corrected chi connectivity index (χ2v) is 8.22. The Kier molecular flexibility index (Phi) is 4.61. The monoisotopic (exact) mass is 373 g/mol. The highest BCUT2D eigenvalue weighted by Gasteiger charge is 2.59. The molecular weight excluding hydrogens is 350 g/mol. The first-order valence-corrected chi connectivity index (χ1v) is 9.76. The molecule has 6 heteroatoms. The fraction of sp³-hybridized carbons (Fsp3) is 0.450. The van der Waals surface area contributed by atoms with Crippen molar-refractivity contribution in [2.24, 2.45) is 5.92 Å². The van der Waals surface area contributed by atoms with Crippen molar-refractivity contribution in [3.05, 3.63) is 58.3 Å². The number of benzene rings is 1. The largest absolute Gasteiger partial charge is 0.391 e. The molecule has 0 unspecified atom stereocenters. The highest BCUT2D eigenvalue weighted by Crippen LogP contribution is 2.48. The molecule has 2 aromatic rings. The van der Waals surface area contributed by atoms with E-state index in [1.165, 1.54) is 16.2 Å². The molecule has 26 heavy (non-hydrogen) atoms. The van der Waals surface area contributed by atoms with Gasteiger partial charge in [-0.25, -0.2) is 0 Å². The van der Waals surface area contributed by atoms with E-state index in [1.54, 1.807) is 13.1 Å². The normalized spacial score (nSPS) is 33.7. The number of hydrogen-bond acceptors (Lipinski definition) is 5. The topological polar surface area (TPSA) is 70.0 Å². The zero-order valence-corrected chi connectivity index (χ0v) is 15.4. The fourth-order valence-corrected chi connectivity index (χ4v) is 5.16. The Hall–Kier alpha value is -1.73. The highest BCUT2D eigenvalue weighted by atomic mass is 32.1. The van der Waals surface area contributed by atoms with E-state index >= 15 is 0 Å². The minimum atomic E-state index is -1.23. The van der Waals surface area contributed by atoms with Crippen LogP contribution in [0, 0.1) is 5.92 Å². The Bertz CT molecular complexity index is 765. The minimum Gasteiger partial charge on any atom is -0.391 e. The summed E-state index contributed by atoms with van der Waals surface area (Å²) in [7, 11) is 1.65. The van der Waals surface area contributed by atoms with Crippen LogP contribution in [0.4, 0.5) is 0 Å². The molecule has 1 saturated carbocycles. The number of fused-ring (bicyclic) bond motifs is 1. The van der Waals surface area contributed by atoms with Crippen LogP contribution in [0.15, 0.2) is 47.8 Å². The first-order chi connectivity index (χ1) is 12.5. The summed E-state index contributed by atoms with van der Waals surface area (Å²) in [5.74, 6) is -0.289. The number of thiophene rings is 1. The summed E-state index contributed by atoms with van der Waals surface area (Å²) in [5, 5.41) is 23.8. The number of hydrogen-bond donors (Lipinski definition) is 2. The average molecular weight is 373 g/mol. The van der Waals surface area contributed by atoms with Gasteiger partial charge in [-0.15, -0.1) is 11.3 Å².